The molecule has 1 fully saturated rings. The summed E-state index contributed by atoms with van der Waals surface area (Å²) >= 11 is 0. The lowest BCUT2D eigenvalue weighted by Crippen LogP contribution is -2.23. The highest BCUT2D eigenvalue weighted by Crippen LogP contribution is 2.23. The number of aryl methyl sites for hydroxylation is 1. The zero-order valence-electron chi connectivity index (χ0n) is 14.2. The number of sulfonamides is 1. The molecule has 2 amide bonds. The first-order chi connectivity index (χ1) is 12.3. The molecule has 1 aliphatic heterocycles. The van der Waals surface area contributed by atoms with Crippen molar-refractivity contribution in [3.63, 3.8) is 0 Å². The van der Waals surface area contributed by atoms with E-state index in [1.165, 1.54) is 18.2 Å². The summed E-state index contributed by atoms with van der Waals surface area (Å²) in [5.74, 6) is -0.350. The fourth-order valence-corrected chi connectivity index (χ4v) is 3.71. The average Bonchev–Trinajstić information content (AvgIpc) is 3.01. The van der Waals surface area contributed by atoms with Gasteiger partial charge in [-0.3, -0.25) is 9.59 Å². The Morgan fingerprint density at radius 2 is 1.85 bits per heavy atom. The van der Waals surface area contributed by atoms with E-state index in [2.05, 4.69) is 5.32 Å². The van der Waals surface area contributed by atoms with Gasteiger partial charge < -0.3 is 10.2 Å². The molecule has 0 radical (unpaired) electrons. The van der Waals surface area contributed by atoms with Crippen molar-refractivity contribution in [2.75, 3.05) is 16.8 Å². The fourth-order valence-electron chi connectivity index (χ4n) is 2.90. The second-order valence-electron chi connectivity index (χ2n) is 6.18. The molecule has 0 atom stereocenters. The second kappa shape index (κ2) is 6.89. The van der Waals surface area contributed by atoms with Crippen molar-refractivity contribution < 1.29 is 18.0 Å². The lowest BCUT2D eigenvalue weighted by atomic mass is 10.1. The van der Waals surface area contributed by atoms with E-state index in [4.69, 9.17) is 5.14 Å². The van der Waals surface area contributed by atoms with E-state index in [0.29, 0.717) is 24.2 Å². The number of nitrogens with one attached hydrogen (secondary N) is 1. The van der Waals surface area contributed by atoms with Gasteiger partial charge in [0.05, 0.1) is 4.90 Å². The molecule has 1 heterocycles. The monoisotopic (exact) mass is 373 g/mol. The number of hydrogen-bond donors (Lipinski definition) is 2. The number of hydrogen-bond acceptors (Lipinski definition) is 4. The van der Waals surface area contributed by atoms with E-state index < -0.39 is 15.9 Å². The van der Waals surface area contributed by atoms with E-state index in [1.54, 1.807) is 36.1 Å². The molecule has 0 unspecified atom stereocenters. The molecule has 3 rings (SSSR count). The number of carbonyl (C=O) groups excluding carboxylic acids is 2. The maximum absolute atomic E-state index is 12.4. The first-order valence-electron chi connectivity index (χ1n) is 8.11. The van der Waals surface area contributed by atoms with Gasteiger partial charge in [-0.05, 0) is 55.3 Å². The summed E-state index contributed by atoms with van der Waals surface area (Å²) in [5.41, 5.74) is 2.00. The molecular weight excluding hydrogens is 354 g/mol. The third-order valence-electron chi connectivity index (χ3n) is 4.27. The Balaban J connectivity index is 1.77. The minimum absolute atomic E-state index is 0.0759. The van der Waals surface area contributed by atoms with Crippen LogP contribution in [0.5, 0.6) is 0 Å². The van der Waals surface area contributed by atoms with Crippen LogP contribution < -0.4 is 15.4 Å². The highest BCUT2D eigenvalue weighted by molar-refractivity contribution is 7.89. The van der Waals surface area contributed by atoms with Gasteiger partial charge >= 0.3 is 0 Å². The fraction of sp³-hybridized carbons (Fsp3) is 0.222. The van der Waals surface area contributed by atoms with Crippen molar-refractivity contribution in [2.24, 2.45) is 5.14 Å². The third kappa shape index (κ3) is 3.76. The number of nitrogens with two attached hydrogens (primary N) is 1. The molecule has 8 heteroatoms. The zero-order chi connectivity index (χ0) is 18.9. The van der Waals surface area contributed by atoms with Gasteiger partial charge in [0.15, 0.2) is 0 Å². The van der Waals surface area contributed by atoms with Gasteiger partial charge in [0.2, 0.25) is 15.9 Å². The van der Waals surface area contributed by atoms with Crippen LogP contribution >= 0.6 is 0 Å². The molecule has 0 bridgehead atoms. The van der Waals surface area contributed by atoms with Crippen LogP contribution in [0.25, 0.3) is 0 Å². The summed E-state index contributed by atoms with van der Waals surface area (Å²) in [4.78, 5) is 25.8. The molecular formula is C18H19N3O4S. The number of amides is 2. The van der Waals surface area contributed by atoms with Gasteiger partial charge in [0, 0.05) is 29.9 Å². The van der Waals surface area contributed by atoms with Crippen molar-refractivity contribution in [3.05, 3.63) is 53.6 Å². The summed E-state index contributed by atoms with van der Waals surface area (Å²) in [6.45, 7) is 2.31. The Bertz CT molecular complexity index is 968. The topological polar surface area (TPSA) is 110 Å². The molecule has 3 N–H and O–H groups in total. The molecule has 0 aliphatic carbocycles. The maximum atomic E-state index is 12.4. The number of rotatable bonds is 4. The standard InChI is InChI=1S/C18H19N3O4S/c1-12-4-5-13(11-16(12)26(19,24)25)18(23)20-14-6-8-15(9-7-14)21-10-2-3-17(21)22/h4-9,11H,2-3,10H2,1H3,(H,20,23)(H2,19,24,25). The van der Waals surface area contributed by atoms with Crippen LogP contribution in [0.3, 0.4) is 0 Å². The van der Waals surface area contributed by atoms with Crippen molar-refractivity contribution in [1.82, 2.24) is 0 Å². The highest BCUT2D eigenvalue weighted by Gasteiger charge is 2.21. The third-order valence-corrected chi connectivity index (χ3v) is 5.32. The number of primary sulfonamides is 1. The number of benzene rings is 2. The number of nitrogens with zero attached hydrogens (tertiary/aromatic N) is 1. The number of anilines is 2. The van der Waals surface area contributed by atoms with E-state index in [9.17, 15) is 18.0 Å². The van der Waals surface area contributed by atoms with E-state index in [0.717, 1.165) is 12.1 Å². The van der Waals surface area contributed by atoms with Gasteiger partial charge in [-0.1, -0.05) is 6.07 Å². The summed E-state index contributed by atoms with van der Waals surface area (Å²) in [7, 11) is -3.90. The minimum atomic E-state index is -3.90. The van der Waals surface area contributed by atoms with Crippen molar-refractivity contribution in [2.45, 2.75) is 24.7 Å². The molecule has 2 aromatic carbocycles. The summed E-state index contributed by atoms with van der Waals surface area (Å²) < 4.78 is 23.2. The Kier molecular flexibility index (Phi) is 4.80. The SMILES string of the molecule is Cc1ccc(C(=O)Nc2ccc(N3CCCC3=O)cc2)cc1S(N)(=O)=O. The Morgan fingerprint density at radius 1 is 1.15 bits per heavy atom. The largest absolute Gasteiger partial charge is 0.322 e. The van der Waals surface area contributed by atoms with E-state index in [1.807, 2.05) is 0 Å². The summed E-state index contributed by atoms with van der Waals surface area (Å²) in [5, 5.41) is 7.88. The lowest BCUT2D eigenvalue weighted by molar-refractivity contribution is -0.117. The van der Waals surface area contributed by atoms with Crippen LogP contribution in [0.2, 0.25) is 0 Å². The molecule has 1 aliphatic rings. The molecule has 2 aromatic rings. The van der Waals surface area contributed by atoms with E-state index >= 15 is 0 Å². The smallest absolute Gasteiger partial charge is 0.255 e. The van der Waals surface area contributed by atoms with Crippen molar-refractivity contribution >= 4 is 33.2 Å². The van der Waals surface area contributed by atoms with Gasteiger partial charge in [-0.2, -0.15) is 0 Å². The maximum Gasteiger partial charge on any atom is 0.255 e. The van der Waals surface area contributed by atoms with Gasteiger partial charge in [-0.15, -0.1) is 0 Å². The zero-order valence-corrected chi connectivity index (χ0v) is 15.0. The van der Waals surface area contributed by atoms with Crippen LogP contribution in [0.1, 0.15) is 28.8 Å². The molecule has 0 aromatic heterocycles. The first kappa shape index (κ1) is 18.1. The van der Waals surface area contributed by atoms with Gasteiger partial charge in [-0.25, -0.2) is 13.6 Å². The molecule has 1 saturated heterocycles. The summed E-state index contributed by atoms with van der Waals surface area (Å²) in [6.07, 6.45) is 1.40. The first-order valence-corrected chi connectivity index (χ1v) is 9.65. The molecule has 26 heavy (non-hydrogen) atoms. The molecule has 0 spiro atoms. The predicted molar refractivity (Wildman–Crippen MR) is 98.5 cm³/mol. The van der Waals surface area contributed by atoms with Crippen molar-refractivity contribution in [3.8, 4) is 0 Å². The Morgan fingerprint density at radius 3 is 2.42 bits per heavy atom. The predicted octanol–water partition coefficient (Wildman–Crippen LogP) is 2.02. The van der Waals surface area contributed by atoms with E-state index in [-0.39, 0.29) is 16.4 Å². The van der Waals surface area contributed by atoms with Crippen LogP contribution in [-0.2, 0) is 14.8 Å². The van der Waals surface area contributed by atoms with Crippen LogP contribution in [0.15, 0.2) is 47.4 Å². The second-order valence-corrected chi connectivity index (χ2v) is 7.71. The molecule has 0 saturated carbocycles. The van der Waals surface area contributed by atoms with Crippen LogP contribution in [0.4, 0.5) is 11.4 Å². The normalized spacial score (nSPS) is 14.5. The van der Waals surface area contributed by atoms with Crippen molar-refractivity contribution in [1.29, 1.82) is 0 Å². The van der Waals surface area contributed by atoms with Gasteiger partial charge in [0.1, 0.15) is 0 Å². The molecule has 136 valence electrons. The quantitative estimate of drug-likeness (QED) is 0.854. The van der Waals surface area contributed by atoms with Gasteiger partial charge in [0.25, 0.3) is 5.91 Å². The number of carbonyl (C=O) groups is 2. The molecule has 7 nitrogen and oxygen atoms in total. The average molecular weight is 373 g/mol. The Labute approximate surface area is 151 Å². The summed E-state index contributed by atoms with van der Waals surface area (Å²) in [6, 6.07) is 11.3. The highest BCUT2D eigenvalue weighted by atomic mass is 32.2. The Hall–Kier alpha value is -2.71. The van der Waals surface area contributed by atoms with Crippen LogP contribution in [-0.4, -0.2) is 26.8 Å². The minimum Gasteiger partial charge on any atom is -0.322 e. The lowest BCUT2D eigenvalue weighted by Gasteiger charge is -2.16. The van der Waals surface area contributed by atoms with Crippen LogP contribution in [0, 0.1) is 6.92 Å².